The Morgan fingerprint density at radius 1 is 1.42 bits per heavy atom. The average molecular weight is 469 g/mol. The molecule has 0 N–H and O–H groups in total. The molecule has 0 aliphatic carbocycles. The van der Waals surface area contributed by atoms with Crippen molar-refractivity contribution in [2.24, 2.45) is 0 Å². The number of rotatable bonds is 3. The quantitative estimate of drug-likeness (QED) is 0.369. The Balaban J connectivity index is 2.60. The molecule has 0 aliphatic heterocycles. The third-order valence-electron chi connectivity index (χ3n) is 2.31. The number of halogens is 3. The maximum atomic E-state index is 12.5. The van der Waals surface area contributed by atoms with Crippen molar-refractivity contribution in [3.63, 3.8) is 0 Å². The van der Waals surface area contributed by atoms with Crippen molar-refractivity contribution in [3.05, 3.63) is 36.9 Å². The van der Waals surface area contributed by atoms with Gasteiger partial charge in [0.05, 0.1) is 11.0 Å². The molecule has 0 fully saturated rings. The number of fused-ring (bicyclic) bond motifs is 1. The van der Waals surface area contributed by atoms with Crippen LogP contribution >= 0.6 is 59.6 Å². The first-order valence-electron chi connectivity index (χ1n) is 5.28. The standard InChI is InChI=1S/C12H9Br3N2OS/c1-2-7-19-11-16-8-5-3-4-6-9(8)17(11)10(18)12(13,14)15/h2-6H,1,7H2. The third-order valence-corrected chi connectivity index (χ3v) is 4.26. The second-order valence-corrected chi connectivity index (χ2v) is 11.4. The predicted molar refractivity (Wildman–Crippen MR) is 90.8 cm³/mol. The van der Waals surface area contributed by atoms with E-state index >= 15 is 0 Å². The van der Waals surface area contributed by atoms with Gasteiger partial charge in [-0.25, -0.2) is 4.98 Å². The molecule has 3 nitrogen and oxygen atoms in total. The average Bonchev–Trinajstić information content (AvgIpc) is 2.72. The predicted octanol–water partition coefficient (Wildman–Crippen LogP) is 4.79. The topological polar surface area (TPSA) is 34.9 Å². The van der Waals surface area contributed by atoms with E-state index in [9.17, 15) is 4.79 Å². The summed E-state index contributed by atoms with van der Waals surface area (Å²) in [6, 6.07) is 7.54. The first-order chi connectivity index (χ1) is 8.95. The normalized spacial score (nSPS) is 11.7. The van der Waals surface area contributed by atoms with Crippen molar-refractivity contribution in [1.82, 2.24) is 9.55 Å². The lowest BCUT2D eigenvalue weighted by atomic mass is 10.3. The van der Waals surface area contributed by atoms with Crippen molar-refractivity contribution in [2.75, 3.05) is 5.75 Å². The summed E-state index contributed by atoms with van der Waals surface area (Å²) in [5, 5.41) is 0.647. The molecule has 1 aromatic carbocycles. The molecular weight excluding hydrogens is 460 g/mol. The zero-order valence-electron chi connectivity index (χ0n) is 9.65. The molecule has 2 rings (SSSR count). The summed E-state index contributed by atoms with van der Waals surface area (Å²) < 4.78 is 0.585. The van der Waals surface area contributed by atoms with Crippen LogP contribution in [-0.4, -0.2) is 23.4 Å². The highest BCUT2D eigenvalue weighted by molar-refractivity contribution is 9.40. The van der Waals surface area contributed by atoms with Gasteiger partial charge < -0.3 is 0 Å². The molecule has 0 aliphatic rings. The van der Waals surface area contributed by atoms with Crippen LogP contribution in [0.25, 0.3) is 11.0 Å². The fourth-order valence-electron chi connectivity index (χ4n) is 1.56. The number of nitrogens with zero attached hydrogens (tertiary/aromatic N) is 2. The minimum atomic E-state index is -1.00. The van der Waals surface area contributed by atoms with E-state index in [0.29, 0.717) is 10.9 Å². The van der Waals surface area contributed by atoms with Crippen LogP contribution in [0.15, 0.2) is 42.1 Å². The summed E-state index contributed by atoms with van der Waals surface area (Å²) in [5.74, 6) is 0.504. The minimum Gasteiger partial charge on any atom is -0.270 e. The van der Waals surface area contributed by atoms with Crippen molar-refractivity contribution >= 4 is 76.5 Å². The lowest BCUT2D eigenvalue weighted by Crippen LogP contribution is -2.25. The lowest BCUT2D eigenvalue weighted by molar-refractivity contribution is 0.0925. The number of carbonyl (C=O) groups excluding carboxylic acids is 1. The van der Waals surface area contributed by atoms with Crippen LogP contribution in [0.5, 0.6) is 0 Å². The van der Waals surface area contributed by atoms with Crippen molar-refractivity contribution < 1.29 is 4.79 Å². The van der Waals surface area contributed by atoms with Crippen molar-refractivity contribution in [2.45, 2.75) is 7.30 Å². The van der Waals surface area contributed by atoms with Crippen LogP contribution < -0.4 is 0 Å². The molecule has 100 valence electrons. The van der Waals surface area contributed by atoms with E-state index in [0.717, 1.165) is 11.0 Å². The Labute approximate surface area is 140 Å². The fourth-order valence-corrected chi connectivity index (χ4v) is 2.83. The van der Waals surface area contributed by atoms with E-state index < -0.39 is 2.14 Å². The van der Waals surface area contributed by atoms with E-state index in [-0.39, 0.29) is 5.91 Å². The zero-order valence-corrected chi connectivity index (χ0v) is 15.2. The Hall–Kier alpha value is -0.110. The van der Waals surface area contributed by atoms with Gasteiger partial charge in [0, 0.05) is 5.75 Å². The Morgan fingerprint density at radius 3 is 2.74 bits per heavy atom. The smallest absolute Gasteiger partial charge is 0.270 e. The Kier molecular flexibility index (Phi) is 4.92. The van der Waals surface area contributed by atoms with Crippen LogP contribution in [0.2, 0.25) is 0 Å². The van der Waals surface area contributed by atoms with Gasteiger partial charge in [-0.05, 0) is 59.9 Å². The summed E-state index contributed by atoms with van der Waals surface area (Å²) in [7, 11) is 0. The number of hydrogen-bond acceptors (Lipinski definition) is 3. The van der Waals surface area contributed by atoms with Gasteiger partial charge in [0.15, 0.2) is 5.16 Å². The SMILES string of the molecule is C=CCSc1nc2ccccc2n1C(=O)C(Br)(Br)Br. The lowest BCUT2D eigenvalue weighted by Gasteiger charge is -2.13. The van der Waals surface area contributed by atoms with Gasteiger partial charge >= 0.3 is 0 Å². The van der Waals surface area contributed by atoms with Crippen LogP contribution in [0.1, 0.15) is 4.79 Å². The van der Waals surface area contributed by atoms with Gasteiger partial charge in [0.1, 0.15) is 0 Å². The van der Waals surface area contributed by atoms with E-state index in [1.54, 1.807) is 10.6 Å². The number of para-hydroxylation sites is 2. The minimum absolute atomic E-state index is 0.187. The maximum absolute atomic E-state index is 12.5. The molecule has 0 atom stereocenters. The van der Waals surface area contributed by atoms with E-state index in [2.05, 4.69) is 59.4 Å². The van der Waals surface area contributed by atoms with Crippen LogP contribution in [0, 0.1) is 0 Å². The summed E-state index contributed by atoms with van der Waals surface area (Å²) in [6.07, 6.45) is 1.78. The van der Waals surface area contributed by atoms with Gasteiger partial charge in [-0.3, -0.25) is 9.36 Å². The van der Waals surface area contributed by atoms with Gasteiger partial charge in [-0.15, -0.1) is 6.58 Å². The highest BCUT2D eigenvalue weighted by Gasteiger charge is 2.33. The Morgan fingerprint density at radius 2 is 2.11 bits per heavy atom. The monoisotopic (exact) mass is 466 g/mol. The molecule has 1 aromatic heterocycles. The number of benzene rings is 1. The summed E-state index contributed by atoms with van der Waals surface area (Å²) in [4.78, 5) is 16.9. The first-order valence-corrected chi connectivity index (χ1v) is 8.64. The zero-order chi connectivity index (χ0) is 14.0. The molecule has 0 radical (unpaired) electrons. The van der Waals surface area contributed by atoms with E-state index in [1.165, 1.54) is 11.8 Å². The van der Waals surface area contributed by atoms with E-state index in [4.69, 9.17) is 0 Å². The third kappa shape index (κ3) is 3.32. The number of imidazole rings is 1. The molecule has 0 spiro atoms. The fraction of sp³-hybridized carbons (Fsp3) is 0.167. The Bertz CT molecular complexity index is 633. The maximum Gasteiger partial charge on any atom is 0.271 e. The van der Waals surface area contributed by atoms with Crippen LogP contribution in [0.3, 0.4) is 0 Å². The summed E-state index contributed by atoms with van der Waals surface area (Å²) >= 11 is 11.2. The van der Waals surface area contributed by atoms with Gasteiger partial charge in [0.25, 0.3) is 5.91 Å². The van der Waals surface area contributed by atoms with Crippen LogP contribution in [-0.2, 0) is 0 Å². The molecule has 0 saturated heterocycles. The molecular formula is C12H9Br3N2OS. The molecule has 1 heterocycles. The largest absolute Gasteiger partial charge is 0.271 e. The highest BCUT2D eigenvalue weighted by atomic mass is 80.0. The van der Waals surface area contributed by atoms with Gasteiger partial charge in [-0.2, -0.15) is 0 Å². The highest BCUT2D eigenvalue weighted by Crippen LogP contribution is 2.37. The summed E-state index contributed by atoms with van der Waals surface area (Å²) in [6.45, 7) is 3.68. The number of hydrogen-bond donors (Lipinski definition) is 0. The molecule has 19 heavy (non-hydrogen) atoms. The van der Waals surface area contributed by atoms with E-state index in [1.807, 2.05) is 24.3 Å². The molecule has 2 aromatic rings. The second-order valence-electron chi connectivity index (χ2n) is 3.62. The molecule has 0 unspecified atom stereocenters. The number of carbonyl (C=O) groups is 1. The number of alkyl halides is 3. The second kappa shape index (κ2) is 6.11. The molecule has 0 saturated carbocycles. The number of aromatic nitrogens is 2. The molecule has 7 heteroatoms. The van der Waals surface area contributed by atoms with Crippen molar-refractivity contribution in [1.29, 1.82) is 0 Å². The molecule has 0 bridgehead atoms. The van der Waals surface area contributed by atoms with Gasteiger partial charge in [0.2, 0.25) is 2.14 Å². The van der Waals surface area contributed by atoms with Crippen molar-refractivity contribution in [3.8, 4) is 0 Å². The molecule has 0 amide bonds. The van der Waals surface area contributed by atoms with Gasteiger partial charge in [-0.1, -0.05) is 30.0 Å². The number of thioether (sulfide) groups is 1. The first kappa shape index (κ1) is 15.3. The summed E-state index contributed by atoms with van der Waals surface area (Å²) in [5.41, 5.74) is 1.57. The van der Waals surface area contributed by atoms with Crippen LogP contribution in [0.4, 0.5) is 0 Å².